The number of esters is 1. The Morgan fingerprint density at radius 1 is 1.03 bits per heavy atom. The SMILES string of the molecule is CCOc1cc(N(CC)CC)ccc1C1(c2c(C)n(CC)c3ccccc23)OC(=O)c2nccnc21. The molecule has 36 heavy (non-hydrogen) atoms. The van der Waals surface area contributed by atoms with Gasteiger partial charge in [0.15, 0.2) is 5.69 Å². The van der Waals surface area contributed by atoms with Crippen LogP contribution in [0.4, 0.5) is 5.69 Å². The molecule has 4 aromatic rings. The molecule has 0 aliphatic carbocycles. The molecule has 1 aliphatic rings. The van der Waals surface area contributed by atoms with Crippen LogP contribution in [0.1, 0.15) is 60.7 Å². The molecule has 3 heterocycles. The summed E-state index contributed by atoms with van der Waals surface area (Å²) in [7, 11) is 0. The van der Waals surface area contributed by atoms with E-state index in [0.29, 0.717) is 18.1 Å². The molecule has 7 nitrogen and oxygen atoms in total. The zero-order valence-electron chi connectivity index (χ0n) is 21.5. The maximum atomic E-state index is 13.3. The number of aromatic nitrogens is 3. The predicted molar refractivity (Wildman–Crippen MR) is 141 cm³/mol. The summed E-state index contributed by atoms with van der Waals surface area (Å²) < 4.78 is 14.9. The molecule has 0 fully saturated rings. The van der Waals surface area contributed by atoms with E-state index in [9.17, 15) is 4.79 Å². The fourth-order valence-electron chi connectivity index (χ4n) is 5.61. The average molecular weight is 485 g/mol. The second-order valence-electron chi connectivity index (χ2n) is 8.83. The Kier molecular flexibility index (Phi) is 6.16. The van der Waals surface area contributed by atoms with Crippen molar-refractivity contribution in [2.45, 2.75) is 46.8 Å². The number of fused-ring (bicyclic) bond motifs is 2. The molecule has 5 rings (SSSR count). The van der Waals surface area contributed by atoms with Crippen molar-refractivity contribution in [3.63, 3.8) is 0 Å². The van der Waals surface area contributed by atoms with Crippen LogP contribution in [0.2, 0.25) is 0 Å². The minimum Gasteiger partial charge on any atom is -0.493 e. The summed E-state index contributed by atoms with van der Waals surface area (Å²) in [6.45, 7) is 13.4. The molecule has 0 amide bonds. The van der Waals surface area contributed by atoms with Crippen LogP contribution in [-0.2, 0) is 16.9 Å². The van der Waals surface area contributed by atoms with E-state index in [2.05, 4.69) is 60.3 Å². The molecule has 2 aromatic carbocycles. The van der Waals surface area contributed by atoms with Crippen LogP contribution in [0.3, 0.4) is 0 Å². The van der Waals surface area contributed by atoms with Crippen molar-refractivity contribution >= 4 is 22.6 Å². The highest BCUT2D eigenvalue weighted by molar-refractivity contribution is 5.97. The summed E-state index contributed by atoms with van der Waals surface area (Å²) >= 11 is 0. The van der Waals surface area contributed by atoms with Crippen LogP contribution in [0.5, 0.6) is 5.75 Å². The molecule has 1 atom stereocenters. The van der Waals surface area contributed by atoms with Gasteiger partial charge in [-0.15, -0.1) is 0 Å². The van der Waals surface area contributed by atoms with Crippen molar-refractivity contribution in [3.8, 4) is 5.75 Å². The van der Waals surface area contributed by atoms with Crippen LogP contribution in [-0.4, -0.2) is 40.2 Å². The van der Waals surface area contributed by atoms with Gasteiger partial charge in [-0.1, -0.05) is 18.2 Å². The van der Waals surface area contributed by atoms with Crippen LogP contribution in [0, 0.1) is 6.92 Å². The number of carbonyl (C=O) groups excluding carboxylic acids is 1. The Hall–Kier alpha value is -3.87. The normalized spacial score (nSPS) is 16.8. The Balaban J connectivity index is 1.90. The number of hydrogen-bond donors (Lipinski definition) is 0. The van der Waals surface area contributed by atoms with Crippen molar-refractivity contribution in [1.82, 2.24) is 14.5 Å². The first kappa shape index (κ1) is 23.9. The summed E-state index contributed by atoms with van der Waals surface area (Å²) in [5.74, 6) is 0.182. The molecule has 0 spiro atoms. The van der Waals surface area contributed by atoms with Gasteiger partial charge in [0.05, 0.1) is 6.61 Å². The molecule has 186 valence electrons. The van der Waals surface area contributed by atoms with E-state index >= 15 is 0 Å². The monoisotopic (exact) mass is 484 g/mol. The third-order valence-corrected chi connectivity index (χ3v) is 7.14. The smallest absolute Gasteiger partial charge is 0.360 e. The fraction of sp³-hybridized carbons (Fsp3) is 0.345. The lowest BCUT2D eigenvalue weighted by Gasteiger charge is -2.32. The predicted octanol–water partition coefficient (Wildman–Crippen LogP) is 5.47. The Labute approximate surface area is 211 Å². The first-order valence-corrected chi connectivity index (χ1v) is 12.7. The van der Waals surface area contributed by atoms with Gasteiger partial charge in [0.25, 0.3) is 0 Å². The topological polar surface area (TPSA) is 69.5 Å². The van der Waals surface area contributed by atoms with Crippen LogP contribution >= 0.6 is 0 Å². The van der Waals surface area contributed by atoms with Gasteiger partial charge in [-0.3, -0.25) is 4.98 Å². The lowest BCUT2D eigenvalue weighted by Crippen LogP contribution is -2.32. The molecular formula is C29H32N4O3. The third kappa shape index (κ3) is 3.37. The lowest BCUT2D eigenvalue weighted by atomic mass is 9.81. The van der Waals surface area contributed by atoms with Gasteiger partial charge in [-0.25, -0.2) is 9.78 Å². The number of anilines is 1. The molecule has 0 saturated carbocycles. The number of cyclic esters (lactones) is 1. The minimum atomic E-state index is -1.29. The summed E-state index contributed by atoms with van der Waals surface area (Å²) in [5.41, 5.74) is 4.22. The third-order valence-electron chi connectivity index (χ3n) is 7.14. The number of nitrogens with zero attached hydrogens (tertiary/aromatic N) is 4. The molecule has 0 radical (unpaired) electrons. The molecule has 0 saturated heterocycles. The van der Waals surface area contributed by atoms with Crippen molar-refractivity contribution in [3.05, 3.63) is 83.1 Å². The summed E-state index contributed by atoms with van der Waals surface area (Å²) in [4.78, 5) is 24.7. The zero-order valence-corrected chi connectivity index (χ0v) is 21.5. The highest BCUT2D eigenvalue weighted by atomic mass is 16.6. The van der Waals surface area contributed by atoms with Crippen molar-refractivity contribution in [2.75, 3.05) is 24.6 Å². The van der Waals surface area contributed by atoms with Gasteiger partial charge in [0.1, 0.15) is 11.4 Å². The molecule has 0 bridgehead atoms. The number of hydrogen-bond acceptors (Lipinski definition) is 6. The first-order chi connectivity index (χ1) is 17.5. The number of aryl methyl sites for hydroxylation is 1. The number of rotatable bonds is 8. The largest absolute Gasteiger partial charge is 0.493 e. The zero-order chi connectivity index (χ0) is 25.4. The second-order valence-corrected chi connectivity index (χ2v) is 8.83. The van der Waals surface area contributed by atoms with Gasteiger partial charge in [0.2, 0.25) is 5.60 Å². The van der Waals surface area contributed by atoms with Crippen molar-refractivity contribution < 1.29 is 14.3 Å². The Bertz CT molecular complexity index is 1440. The fourth-order valence-corrected chi connectivity index (χ4v) is 5.61. The van der Waals surface area contributed by atoms with Gasteiger partial charge in [0, 0.05) is 71.5 Å². The molecule has 1 unspecified atom stereocenters. The number of carbonyl (C=O) groups is 1. The first-order valence-electron chi connectivity index (χ1n) is 12.7. The summed E-state index contributed by atoms with van der Waals surface area (Å²) in [6, 6.07) is 14.4. The quantitative estimate of drug-likeness (QED) is 0.309. The maximum absolute atomic E-state index is 13.3. The highest BCUT2D eigenvalue weighted by Gasteiger charge is 2.54. The Morgan fingerprint density at radius 3 is 2.50 bits per heavy atom. The van der Waals surface area contributed by atoms with Crippen LogP contribution in [0.25, 0.3) is 10.9 Å². The summed E-state index contributed by atoms with van der Waals surface area (Å²) in [5, 5.41) is 1.01. The Morgan fingerprint density at radius 2 is 1.78 bits per heavy atom. The van der Waals surface area contributed by atoms with Gasteiger partial charge in [-0.05, 0) is 52.8 Å². The van der Waals surface area contributed by atoms with E-state index in [1.807, 2.05) is 31.2 Å². The van der Waals surface area contributed by atoms with Crippen LogP contribution in [0.15, 0.2) is 54.9 Å². The van der Waals surface area contributed by atoms with E-state index in [-0.39, 0.29) is 5.69 Å². The highest BCUT2D eigenvalue weighted by Crippen LogP contribution is 2.52. The van der Waals surface area contributed by atoms with E-state index < -0.39 is 11.6 Å². The molecule has 1 aliphatic heterocycles. The van der Waals surface area contributed by atoms with Crippen LogP contribution < -0.4 is 9.64 Å². The number of ether oxygens (including phenoxy) is 2. The number of benzene rings is 2. The standard InChI is InChI=1S/C29H32N4O3/c1-6-32(7-2)20-14-15-22(24(18-20)35-9-4)29(27-26(28(34)36-29)30-16-17-31-27)25-19(5)33(8-3)23-13-11-10-12-21(23)25/h10-18H,6-9H2,1-5H3. The average Bonchev–Trinajstić information content (AvgIpc) is 3.36. The van der Waals surface area contributed by atoms with E-state index in [1.54, 1.807) is 6.20 Å². The molecule has 7 heteroatoms. The molecule has 0 N–H and O–H groups in total. The summed E-state index contributed by atoms with van der Waals surface area (Å²) in [6.07, 6.45) is 3.15. The van der Waals surface area contributed by atoms with Crippen molar-refractivity contribution in [1.29, 1.82) is 0 Å². The van der Waals surface area contributed by atoms with Gasteiger partial charge < -0.3 is 18.9 Å². The maximum Gasteiger partial charge on any atom is 0.360 e. The van der Waals surface area contributed by atoms with E-state index in [4.69, 9.17) is 14.5 Å². The van der Waals surface area contributed by atoms with E-state index in [0.717, 1.165) is 53.0 Å². The minimum absolute atomic E-state index is 0.237. The second kappa shape index (κ2) is 9.30. The van der Waals surface area contributed by atoms with Crippen molar-refractivity contribution in [2.24, 2.45) is 0 Å². The number of para-hydroxylation sites is 1. The van der Waals surface area contributed by atoms with Gasteiger partial charge >= 0.3 is 5.97 Å². The molecule has 2 aromatic heterocycles. The lowest BCUT2D eigenvalue weighted by molar-refractivity contribution is 0.0235. The van der Waals surface area contributed by atoms with E-state index in [1.165, 1.54) is 6.20 Å². The molecular weight excluding hydrogens is 452 g/mol. The van der Waals surface area contributed by atoms with Gasteiger partial charge in [-0.2, -0.15) is 0 Å².